The van der Waals surface area contributed by atoms with Gasteiger partial charge in [0.05, 0.1) is 12.1 Å². The highest BCUT2D eigenvalue weighted by atomic mass is 15.3. The lowest BCUT2D eigenvalue weighted by Gasteiger charge is -2.35. The van der Waals surface area contributed by atoms with Crippen molar-refractivity contribution in [1.82, 2.24) is 9.80 Å². The molecule has 1 heterocycles. The fraction of sp³-hybridized carbons (Fsp3) is 0.727. The van der Waals surface area contributed by atoms with Crippen LogP contribution in [0.5, 0.6) is 0 Å². The lowest BCUT2D eigenvalue weighted by molar-refractivity contribution is 0.121. The van der Waals surface area contributed by atoms with Gasteiger partial charge in [-0.2, -0.15) is 5.26 Å². The summed E-state index contributed by atoms with van der Waals surface area (Å²) in [6.45, 7) is 11.0. The zero-order valence-electron chi connectivity index (χ0n) is 8.95. The third-order valence-electron chi connectivity index (χ3n) is 2.79. The highest BCUT2D eigenvalue weighted by molar-refractivity contribution is 4.90. The second-order valence-electron chi connectivity index (χ2n) is 3.76. The van der Waals surface area contributed by atoms with Crippen LogP contribution in [0.15, 0.2) is 12.7 Å². The van der Waals surface area contributed by atoms with E-state index in [1.807, 2.05) is 13.0 Å². The van der Waals surface area contributed by atoms with Gasteiger partial charge in [0.2, 0.25) is 0 Å². The van der Waals surface area contributed by atoms with Crippen LogP contribution >= 0.6 is 0 Å². The average Bonchev–Trinajstić information content (AvgIpc) is 2.26. The van der Waals surface area contributed by atoms with Gasteiger partial charge >= 0.3 is 0 Å². The van der Waals surface area contributed by atoms with Crippen molar-refractivity contribution in [2.45, 2.75) is 19.4 Å². The summed E-state index contributed by atoms with van der Waals surface area (Å²) in [4.78, 5) is 4.67. The quantitative estimate of drug-likeness (QED) is 0.626. The van der Waals surface area contributed by atoms with Crippen LogP contribution in [0, 0.1) is 11.3 Å². The Morgan fingerprint density at radius 3 is 2.57 bits per heavy atom. The van der Waals surface area contributed by atoms with Crippen molar-refractivity contribution in [3.05, 3.63) is 12.7 Å². The van der Waals surface area contributed by atoms with E-state index in [0.29, 0.717) is 0 Å². The Bertz CT molecular complexity index is 211. The van der Waals surface area contributed by atoms with E-state index >= 15 is 0 Å². The van der Waals surface area contributed by atoms with Gasteiger partial charge in [0.25, 0.3) is 0 Å². The van der Waals surface area contributed by atoms with E-state index < -0.39 is 0 Å². The molecule has 0 bridgehead atoms. The summed E-state index contributed by atoms with van der Waals surface area (Å²) >= 11 is 0. The normalized spacial score (nSPS) is 21.4. The lowest BCUT2D eigenvalue weighted by atomic mass is 10.2. The molecule has 1 saturated heterocycles. The molecule has 0 saturated carbocycles. The molecule has 1 unspecified atom stereocenters. The number of piperazine rings is 1. The van der Waals surface area contributed by atoms with Crippen LogP contribution in [0.2, 0.25) is 0 Å². The highest BCUT2D eigenvalue weighted by Crippen LogP contribution is 2.05. The molecule has 3 nitrogen and oxygen atoms in total. The fourth-order valence-corrected chi connectivity index (χ4v) is 1.73. The highest BCUT2D eigenvalue weighted by Gasteiger charge is 2.19. The summed E-state index contributed by atoms with van der Waals surface area (Å²) < 4.78 is 0. The van der Waals surface area contributed by atoms with Crippen molar-refractivity contribution in [3.8, 4) is 6.07 Å². The molecule has 0 N–H and O–H groups in total. The molecule has 1 aliphatic rings. The molecule has 0 spiro atoms. The van der Waals surface area contributed by atoms with E-state index in [9.17, 15) is 0 Å². The first kappa shape index (κ1) is 11.2. The van der Waals surface area contributed by atoms with E-state index in [0.717, 1.165) is 39.1 Å². The van der Waals surface area contributed by atoms with Gasteiger partial charge in [0.15, 0.2) is 0 Å². The number of nitriles is 1. The van der Waals surface area contributed by atoms with Crippen molar-refractivity contribution >= 4 is 0 Å². The van der Waals surface area contributed by atoms with Crippen molar-refractivity contribution < 1.29 is 0 Å². The summed E-state index contributed by atoms with van der Waals surface area (Å²) in [7, 11) is 0. The van der Waals surface area contributed by atoms with Gasteiger partial charge in [0.1, 0.15) is 0 Å². The van der Waals surface area contributed by atoms with Crippen LogP contribution < -0.4 is 0 Å². The van der Waals surface area contributed by atoms with Gasteiger partial charge in [0, 0.05) is 32.7 Å². The predicted octanol–water partition coefficient (Wildman–Crippen LogP) is 1.09. The summed E-state index contributed by atoms with van der Waals surface area (Å²) in [5, 5.41) is 8.78. The molecule has 1 rings (SSSR count). The van der Waals surface area contributed by atoms with Gasteiger partial charge in [-0.25, -0.2) is 0 Å². The number of hydrogen-bond acceptors (Lipinski definition) is 3. The zero-order chi connectivity index (χ0) is 10.4. The van der Waals surface area contributed by atoms with Crippen LogP contribution in [0.1, 0.15) is 13.3 Å². The van der Waals surface area contributed by atoms with Crippen molar-refractivity contribution in [2.75, 3.05) is 32.7 Å². The first-order valence-corrected chi connectivity index (χ1v) is 5.25. The maximum Gasteiger partial charge on any atom is 0.0950 e. The number of nitrogens with zero attached hydrogens (tertiary/aromatic N) is 3. The first-order valence-electron chi connectivity index (χ1n) is 5.25. The number of hydrogen-bond donors (Lipinski definition) is 0. The maximum absolute atomic E-state index is 8.78. The molecule has 78 valence electrons. The second kappa shape index (κ2) is 5.79. The van der Waals surface area contributed by atoms with E-state index in [1.165, 1.54) is 0 Å². The minimum atomic E-state index is 0.0663. The average molecular weight is 193 g/mol. The van der Waals surface area contributed by atoms with Crippen molar-refractivity contribution in [3.63, 3.8) is 0 Å². The topological polar surface area (TPSA) is 30.3 Å². The van der Waals surface area contributed by atoms with Gasteiger partial charge in [-0.15, -0.1) is 6.58 Å². The first-order chi connectivity index (χ1) is 6.77. The third-order valence-corrected chi connectivity index (χ3v) is 2.79. The molecule has 0 aromatic heterocycles. The molecular formula is C11H19N3. The summed E-state index contributed by atoms with van der Waals surface area (Å²) in [5.41, 5.74) is 0. The largest absolute Gasteiger partial charge is 0.300 e. The monoisotopic (exact) mass is 193 g/mol. The fourth-order valence-electron chi connectivity index (χ4n) is 1.73. The minimum absolute atomic E-state index is 0.0663. The molecule has 0 aromatic carbocycles. The van der Waals surface area contributed by atoms with Crippen LogP contribution in [0.4, 0.5) is 0 Å². The summed E-state index contributed by atoms with van der Waals surface area (Å²) in [6, 6.07) is 2.35. The molecule has 14 heavy (non-hydrogen) atoms. The van der Waals surface area contributed by atoms with Gasteiger partial charge in [-0.3, -0.25) is 4.90 Å². The van der Waals surface area contributed by atoms with E-state index in [2.05, 4.69) is 22.4 Å². The SMILES string of the molecule is C=CCCN1CCN(C(C)C#N)CC1. The molecule has 1 atom stereocenters. The second-order valence-corrected chi connectivity index (χ2v) is 3.76. The van der Waals surface area contributed by atoms with Gasteiger partial charge in [-0.1, -0.05) is 6.08 Å². The Labute approximate surface area is 86.6 Å². The predicted molar refractivity (Wildman–Crippen MR) is 57.9 cm³/mol. The van der Waals surface area contributed by atoms with E-state index in [-0.39, 0.29) is 6.04 Å². The molecule has 0 aliphatic carbocycles. The molecule has 3 heteroatoms. The van der Waals surface area contributed by atoms with Crippen LogP contribution in [-0.2, 0) is 0 Å². The lowest BCUT2D eigenvalue weighted by Crippen LogP contribution is -2.49. The zero-order valence-corrected chi connectivity index (χ0v) is 8.95. The van der Waals surface area contributed by atoms with Crippen LogP contribution in [-0.4, -0.2) is 48.6 Å². The maximum atomic E-state index is 8.78. The van der Waals surface area contributed by atoms with Gasteiger partial charge < -0.3 is 4.90 Å². The van der Waals surface area contributed by atoms with Gasteiger partial charge in [-0.05, 0) is 13.3 Å². The Morgan fingerprint density at radius 1 is 1.43 bits per heavy atom. The Morgan fingerprint density at radius 2 is 2.07 bits per heavy atom. The van der Waals surface area contributed by atoms with Crippen molar-refractivity contribution in [1.29, 1.82) is 5.26 Å². The Balaban J connectivity index is 2.24. The Hall–Kier alpha value is -0.850. The molecule has 0 amide bonds. The van der Waals surface area contributed by atoms with E-state index in [1.54, 1.807) is 0 Å². The third kappa shape index (κ3) is 3.13. The van der Waals surface area contributed by atoms with Crippen molar-refractivity contribution in [2.24, 2.45) is 0 Å². The van der Waals surface area contributed by atoms with Crippen LogP contribution in [0.3, 0.4) is 0 Å². The molecule has 0 aromatic rings. The van der Waals surface area contributed by atoms with Crippen LogP contribution in [0.25, 0.3) is 0 Å². The molecule has 1 aliphatic heterocycles. The summed E-state index contributed by atoms with van der Waals surface area (Å²) in [5.74, 6) is 0. The molecule has 1 fully saturated rings. The minimum Gasteiger partial charge on any atom is -0.300 e. The Kier molecular flexibility index (Phi) is 4.64. The summed E-state index contributed by atoms with van der Waals surface area (Å²) in [6.07, 6.45) is 3.03. The smallest absolute Gasteiger partial charge is 0.0950 e. The molecule has 0 radical (unpaired) electrons. The standard InChI is InChI=1S/C11H19N3/c1-3-4-5-13-6-8-14(9-7-13)11(2)10-12/h3,11H,1,4-9H2,2H3. The van der Waals surface area contributed by atoms with E-state index in [4.69, 9.17) is 5.26 Å². The molecular weight excluding hydrogens is 174 g/mol. The number of rotatable bonds is 4.